The largest absolute Gasteiger partial charge is 0.352 e. The molecule has 2 rings (SSSR count). The summed E-state index contributed by atoms with van der Waals surface area (Å²) in [6, 6.07) is 3.02. The summed E-state index contributed by atoms with van der Waals surface area (Å²) in [5.74, 6) is -1.47. The van der Waals surface area contributed by atoms with E-state index in [9.17, 15) is 18.4 Å². The van der Waals surface area contributed by atoms with E-state index in [0.29, 0.717) is 18.7 Å². The highest BCUT2D eigenvalue weighted by atomic mass is 19.1. The van der Waals surface area contributed by atoms with Crippen molar-refractivity contribution in [3.63, 3.8) is 0 Å². The van der Waals surface area contributed by atoms with Crippen molar-refractivity contribution in [2.24, 2.45) is 32.7 Å². The van der Waals surface area contributed by atoms with Gasteiger partial charge in [-0.05, 0) is 60.3 Å². The first-order valence-electron chi connectivity index (χ1n) is 11.8. The SMILES string of the molecule is C=C(/C=C(\N=NC)c1c(F)cccc1F)[C@H]1CCC(C)(CN(CC)C(=O)CCNC(N)=O)C1(C)C. The van der Waals surface area contributed by atoms with Gasteiger partial charge < -0.3 is 16.0 Å². The van der Waals surface area contributed by atoms with Crippen LogP contribution in [0.4, 0.5) is 13.6 Å². The highest BCUT2D eigenvalue weighted by Crippen LogP contribution is 2.58. The number of nitrogens with one attached hydrogen (secondary N) is 1. The Bertz CT molecular complexity index is 1000. The maximum atomic E-state index is 14.4. The minimum absolute atomic E-state index is 0.00901. The number of nitrogens with two attached hydrogens (primary N) is 1. The van der Waals surface area contributed by atoms with Crippen molar-refractivity contribution < 1.29 is 18.4 Å². The summed E-state index contributed by atoms with van der Waals surface area (Å²) in [6.45, 7) is 13.9. The molecule has 1 unspecified atom stereocenters. The van der Waals surface area contributed by atoms with Gasteiger partial charge in [-0.3, -0.25) is 4.79 Å². The predicted molar refractivity (Wildman–Crippen MR) is 133 cm³/mol. The molecular weight excluding hydrogens is 452 g/mol. The summed E-state index contributed by atoms with van der Waals surface area (Å²) in [5.41, 5.74) is 5.15. The summed E-state index contributed by atoms with van der Waals surface area (Å²) in [5, 5.41) is 10.2. The molecule has 1 aliphatic carbocycles. The Labute approximate surface area is 206 Å². The van der Waals surface area contributed by atoms with Gasteiger partial charge in [-0.15, -0.1) is 0 Å². The second-order valence-electron chi connectivity index (χ2n) is 9.82. The van der Waals surface area contributed by atoms with Gasteiger partial charge in [-0.2, -0.15) is 10.2 Å². The monoisotopic (exact) mass is 489 g/mol. The molecule has 3 amide bonds. The lowest BCUT2D eigenvalue weighted by atomic mass is 9.64. The Morgan fingerprint density at radius 1 is 1.29 bits per heavy atom. The standard InChI is InChI=1S/C26H37F2N5O2/c1-7-33(22(34)12-14-31-24(29)35)16-26(5)13-11-18(25(26,3)4)17(2)15-21(32-30-6)23-19(27)9-8-10-20(23)28/h8-10,15,18H,2,7,11-14,16H2,1,3-6H3,(H3,29,31,35)/b21-15-,32-30?/t18-,26?/m1/s1. The lowest BCUT2D eigenvalue weighted by Crippen LogP contribution is -2.46. The molecule has 1 fully saturated rings. The molecule has 1 aromatic carbocycles. The highest BCUT2D eigenvalue weighted by molar-refractivity contribution is 5.78. The molecule has 0 bridgehead atoms. The Morgan fingerprint density at radius 3 is 2.46 bits per heavy atom. The minimum atomic E-state index is -0.713. The van der Waals surface area contributed by atoms with Crippen LogP contribution in [0.25, 0.3) is 5.70 Å². The van der Waals surface area contributed by atoms with E-state index in [1.165, 1.54) is 25.2 Å². The van der Waals surface area contributed by atoms with E-state index < -0.39 is 17.7 Å². The van der Waals surface area contributed by atoms with Crippen molar-refractivity contribution in [1.29, 1.82) is 0 Å². The molecule has 3 N–H and O–H groups in total. The molecule has 0 saturated heterocycles. The van der Waals surface area contributed by atoms with Crippen molar-refractivity contribution in [2.45, 2.75) is 47.0 Å². The fourth-order valence-corrected chi connectivity index (χ4v) is 5.02. The van der Waals surface area contributed by atoms with Gasteiger partial charge in [0, 0.05) is 33.1 Å². The van der Waals surface area contributed by atoms with E-state index in [0.717, 1.165) is 12.8 Å². The third-order valence-corrected chi connectivity index (χ3v) is 7.52. The first-order valence-corrected chi connectivity index (χ1v) is 11.8. The van der Waals surface area contributed by atoms with Gasteiger partial charge in [-0.25, -0.2) is 13.6 Å². The van der Waals surface area contributed by atoms with E-state index in [-0.39, 0.29) is 46.9 Å². The van der Waals surface area contributed by atoms with Crippen LogP contribution in [0.15, 0.2) is 46.7 Å². The first-order chi connectivity index (χ1) is 16.4. The number of carbonyl (C=O) groups excluding carboxylic acids is 2. The number of azo groups is 1. The van der Waals surface area contributed by atoms with E-state index in [1.807, 2.05) is 6.92 Å². The molecule has 0 aliphatic heterocycles. The van der Waals surface area contributed by atoms with Crippen molar-refractivity contribution in [3.8, 4) is 0 Å². The number of carbonyl (C=O) groups is 2. The number of halogens is 2. The molecule has 7 nitrogen and oxygen atoms in total. The average Bonchev–Trinajstić information content (AvgIpc) is 3.00. The van der Waals surface area contributed by atoms with Crippen molar-refractivity contribution in [3.05, 3.63) is 53.6 Å². The van der Waals surface area contributed by atoms with Crippen LogP contribution < -0.4 is 11.1 Å². The number of nitrogens with zero attached hydrogens (tertiary/aromatic N) is 3. The maximum absolute atomic E-state index is 14.4. The van der Waals surface area contributed by atoms with Crippen molar-refractivity contribution in [2.75, 3.05) is 26.7 Å². The summed E-state index contributed by atoms with van der Waals surface area (Å²) in [6.07, 6.45) is 3.44. The van der Waals surface area contributed by atoms with Crippen LogP contribution in [0.5, 0.6) is 0 Å². The minimum Gasteiger partial charge on any atom is -0.352 e. The van der Waals surface area contributed by atoms with Gasteiger partial charge in [0.15, 0.2) is 0 Å². The van der Waals surface area contributed by atoms with E-state index in [4.69, 9.17) is 5.73 Å². The van der Waals surface area contributed by atoms with Crippen LogP contribution >= 0.6 is 0 Å². The number of benzene rings is 1. The fourth-order valence-electron chi connectivity index (χ4n) is 5.02. The van der Waals surface area contributed by atoms with Gasteiger partial charge in [-0.1, -0.05) is 33.4 Å². The Hall–Kier alpha value is -3.10. The molecule has 192 valence electrons. The van der Waals surface area contributed by atoms with Gasteiger partial charge in [0.2, 0.25) is 5.91 Å². The Morgan fingerprint density at radius 2 is 1.91 bits per heavy atom. The normalized spacial score (nSPS) is 21.8. The smallest absolute Gasteiger partial charge is 0.312 e. The molecule has 0 heterocycles. The molecule has 1 aromatic rings. The molecule has 1 saturated carbocycles. The van der Waals surface area contributed by atoms with Gasteiger partial charge in [0.25, 0.3) is 0 Å². The first kappa shape index (κ1) is 28.1. The topological polar surface area (TPSA) is 100 Å². The predicted octanol–water partition coefficient (Wildman–Crippen LogP) is 5.29. The molecule has 2 atom stereocenters. The molecule has 35 heavy (non-hydrogen) atoms. The molecular formula is C26H37F2N5O2. The van der Waals surface area contributed by atoms with Crippen LogP contribution in [-0.4, -0.2) is 43.5 Å². The zero-order chi connectivity index (χ0) is 26.4. The number of amides is 3. The van der Waals surface area contributed by atoms with Crippen LogP contribution in [0.1, 0.15) is 52.5 Å². The van der Waals surface area contributed by atoms with E-state index in [2.05, 4.69) is 42.9 Å². The zero-order valence-corrected chi connectivity index (χ0v) is 21.3. The molecule has 0 spiro atoms. The average molecular weight is 490 g/mol. The van der Waals surface area contributed by atoms with Crippen molar-refractivity contribution >= 4 is 17.6 Å². The van der Waals surface area contributed by atoms with Gasteiger partial charge in [0.05, 0.1) is 11.3 Å². The lowest BCUT2D eigenvalue weighted by Gasteiger charge is -2.45. The van der Waals surface area contributed by atoms with E-state index in [1.54, 1.807) is 11.0 Å². The zero-order valence-electron chi connectivity index (χ0n) is 21.3. The van der Waals surface area contributed by atoms with E-state index >= 15 is 0 Å². The highest BCUT2D eigenvalue weighted by Gasteiger charge is 2.52. The third kappa shape index (κ3) is 6.32. The second kappa shape index (κ2) is 11.6. The van der Waals surface area contributed by atoms with Crippen molar-refractivity contribution in [1.82, 2.24) is 10.2 Å². The second-order valence-corrected chi connectivity index (χ2v) is 9.82. The molecule has 0 aromatic heterocycles. The summed E-state index contributed by atoms with van der Waals surface area (Å²) < 4.78 is 28.9. The number of urea groups is 1. The summed E-state index contributed by atoms with van der Waals surface area (Å²) in [7, 11) is 1.45. The van der Waals surface area contributed by atoms with Crippen LogP contribution in [0, 0.1) is 28.4 Å². The van der Waals surface area contributed by atoms with Gasteiger partial charge >= 0.3 is 6.03 Å². The Kier molecular flexibility index (Phi) is 9.29. The van der Waals surface area contributed by atoms with Crippen LogP contribution in [0.2, 0.25) is 0 Å². The Balaban J connectivity index is 2.27. The molecule has 1 aliphatic rings. The third-order valence-electron chi connectivity index (χ3n) is 7.52. The number of allylic oxidation sites excluding steroid dienone is 2. The summed E-state index contributed by atoms with van der Waals surface area (Å²) >= 11 is 0. The fraction of sp³-hybridized carbons (Fsp3) is 0.538. The quantitative estimate of drug-likeness (QED) is 0.345. The number of rotatable bonds is 10. The lowest BCUT2D eigenvalue weighted by molar-refractivity contribution is -0.133. The van der Waals surface area contributed by atoms with Crippen LogP contribution in [0.3, 0.4) is 0 Å². The summed E-state index contributed by atoms with van der Waals surface area (Å²) in [4.78, 5) is 25.5. The van der Waals surface area contributed by atoms with Crippen LogP contribution in [-0.2, 0) is 4.79 Å². The number of hydrogen-bond donors (Lipinski definition) is 2. The number of primary amides is 1. The molecule has 9 heteroatoms. The number of hydrogen-bond acceptors (Lipinski definition) is 4. The van der Waals surface area contributed by atoms with Gasteiger partial charge in [0.1, 0.15) is 11.6 Å². The molecule has 0 radical (unpaired) electrons. The maximum Gasteiger partial charge on any atom is 0.312 e.